The smallest absolute Gasteiger partial charge is 0.328 e. The van der Waals surface area contributed by atoms with E-state index >= 15 is 0 Å². The Balaban J connectivity index is 2.25. The van der Waals surface area contributed by atoms with Gasteiger partial charge in [0.05, 0.1) is 7.11 Å². The Hall–Kier alpha value is -2.18. The normalized spacial score (nSPS) is 28.0. The van der Waals surface area contributed by atoms with Gasteiger partial charge in [-0.2, -0.15) is 0 Å². The second-order valence-electron chi connectivity index (χ2n) is 5.85. The van der Waals surface area contributed by atoms with E-state index in [1.54, 1.807) is 12.2 Å². The predicted molar refractivity (Wildman–Crippen MR) is 78.6 cm³/mol. The Morgan fingerprint density at radius 2 is 2.18 bits per heavy atom. The molecule has 2 atom stereocenters. The molecule has 0 aromatic heterocycles. The molecule has 2 unspecified atom stereocenters. The molecule has 7 nitrogen and oxygen atoms in total. The first-order valence-corrected chi connectivity index (χ1v) is 7.32. The van der Waals surface area contributed by atoms with Crippen LogP contribution < -0.4 is 0 Å². The highest BCUT2D eigenvalue weighted by molar-refractivity contribution is 5.99. The zero-order valence-corrected chi connectivity index (χ0v) is 12.8. The number of methoxy groups -OCH3 is 1. The standard InChI is InChI=1S/C15H20N2O5/c1-15(17(20)21)8-5-6-11(10-15)13(18)16-9-4-3-7-12(16)14(19)22-2/h5-6,10,12H,3-4,7-9H2,1-2H3. The van der Waals surface area contributed by atoms with Gasteiger partial charge in [0.1, 0.15) is 6.04 Å². The Labute approximate surface area is 128 Å². The average molecular weight is 308 g/mol. The maximum absolute atomic E-state index is 12.7. The Kier molecular flexibility index (Phi) is 4.63. The summed E-state index contributed by atoms with van der Waals surface area (Å²) in [6.45, 7) is 1.94. The molecule has 1 fully saturated rings. The van der Waals surface area contributed by atoms with Gasteiger partial charge in [-0.15, -0.1) is 0 Å². The molecule has 1 heterocycles. The van der Waals surface area contributed by atoms with E-state index in [4.69, 9.17) is 4.74 Å². The first-order valence-electron chi connectivity index (χ1n) is 7.32. The van der Waals surface area contributed by atoms with Crippen LogP contribution in [0, 0.1) is 10.1 Å². The van der Waals surface area contributed by atoms with Crippen molar-refractivity contribution in [2.45, 2.75) is 44.2 Å². The van der Waals surface area contributed by atoms with Crippen molar-refractivity contribution in [3.05, 3.63) is 33.9 Å². The molecule has 0 saturated carbocycles. The van der Waals surface area contributed by atoms with Gasteiger partial charge in [0.25, 0.3) is 5.91 Å². The monoisotopic (exact) mass is 308 g/mol. The van der Waals surface area contributed by atoms with Gasteiger partial charge in [0.15, 0.2) is 0 Å². The molecular weight excluding hydrogens is 288 g/mol. The number of nitro groups is 1. The molecule has 0 aromatic carbocycles. The average Bonchev–Trinajstić information content (AvgIpc) is 2.53. The summed E-state index contributed by atoms with van der Waals surface area (Å²) in [4.78, 5) is 36.8. The second kappa shape index (κ2) is 6.29. The van der Waals surface area contributed by atoms with Crippen LogP contribution in [0.2, 0.25) is 0 Å². The van der Waals surface area contributed by atoms with Gasteiger partial charge < -0.3 is 9.64 Å². The molecule has 7 heteroatoms. The molecule has 2 rings (SSSR count). The van der Waals surface area contributed by atoms with Crippen LogP contribution in [0.15, 0.2) is 23.8 Å². The van der Waals surface area contributed by atoms with Crippen LogP contribution in [0.4, 0.5) is 0 Å². The highest BCUT2D eigenvalue weighted by Gasteiger charge is 2.39. The molecule has 1 aliphatic heterocycles. The summed E-state index contributed by atoms with van der Waals surface area (Å²) in [5, 5.41) is 11.2. The maximum Gasteiger partial charge on any atom is 0.328 e. The van der Waals surface area contributed by atoms with Crippen LogP contribution >= 0.6 is 0 Å². The molecule has 0 aromatic rings. The number of carbonyl (C=O) groups is 2. The molecule has 1 aliphatic carbocycles. The number of amides is 1. The van der Waals surface area contributed by atoms with Crippen molar-refractivity contribution in [3.63, 3.8) is 0 Å². The van der Waals surface area contributed by atoms with Crippen LogP contribution in [0.25, 0.3) is 0 Å². The van der Waals surface area contributed by atoms with E-state index < -0.39 is 22.5 Å². The van der Waals surface area contributed by atoms with Crippen LogP contribution in [0.5, 0.6) is 0 Å². The van der Waals surface area contributed by atoms with E-state index in [1.165, 1.54) is 25.0 Å². The fraction of sp³-hybridized carbons (Fsp3) is 0.600. The number of esters is 1. The summed E-state index contributed by atoms with van der Waals surface area (Å²) in [7, 11) is 1.29. The Bertz CT molecular complexity index is 554. The van der Waals surface area contributed by atoms with Gasteiger partial charge in [-0.25, -0.2) is 4.79 Å². The molecule has 1 amide bonds. The van der Waals surface area contributed by atoms with Crippen molar-refractivity contribution in [1.29, 1.82) is 0 Å². The van der Waals surface area contributed by atoms with Crippen LogP contribution in [0.1, 0.15) is 32.6 Å². The van der Waals surface area contributed by atoms with Crippen molar-refractivity contribution in [3.8, 4) is 0 Å². The SMILES string of the molecule is COC(=O)C1CCCCN1C(=O)C1=CC(C)([N+](=O)[O-])CC=C1. The van der Waals surface area contributed by atoms with Gasteiger partial charge in [0, 0.05) is 36.5 Å². The van der Waals surface area contributed by atoms with Crippen molar-refractivity contribution in [2.24, 2.45) is 0 Å². The zero-order chi connectivity index (χ0) is 16.3. The summed E-state index contributed by atoms with van der Waals surface area (Å²) in [6.07, 6.45) is 7.08. The Morgan fingerprint density at radius 1 is 1.45 bits per heavy atom. The topological polar surface area (TPSA) is 89.8 Å². The minimum Gasteiger partial charge on any atom is -0.467 e. The molecule has 0 radical (unpaired) electrons. The fourth-order valence-corrected chi connectivity index (χ4v) is 2.85. The number of hydrogen-bond acceptors (Lipinski definition) is 5. The van der Waals surface area contributed by atoms with Crippen molar-refractivity contribution >= 4 is 11.9 Å². The van der Waals surface area contributed by atoms with Crippen LogP contribution in [-0.4, -0.2) is 46.9 Å². The molecule has 2 aliphatic rings. The molecule has 0 spiro atoms. The molecule has 0 N–H and O–H groups in total. The van der Waals surface area contributed by atoms with E-state index in [1.807, 2.05) is 0 Å². The number of piperidine rings is 1. The molecule has 1 saturated heterocycles. The first-order chi connectivity index (χ1) is 10.4. The van der Waals surface area contributed by atoms with Crippen molar-refractivity contribution in [1.82, 2.24) is 4.90 Å². The fourth-order valence-electron chi connectivity index (χ4n) is 2.85. The lowest BCUT2D eigenvalue weighted by Gasteiger charge is -2.34. The number of nitrogens with zero attached hydrogens (tertiary/aromatic N) is 2. The first kappa shape index (κ1) is 16.2. The lowest BCUT2D eigenvalue weighted by atomic mass is 9.89. The Morgan fingerprint density at radius 3 is 2.82 bits per heavy atom. The predicted octanol–water partition coefficient (Wildman–Crippen LogP) is 1.46. The number of rotatable bonds is 3. The summed E-state index contributed by atoms with van der Waals surface area (Å²) in [5.74, 6) is -0.787. The highest BCUT2D eigenvalue weighted by Crippen LogP contribution is 2.27. The van der Waals surface area contributed by atoms with E-state index in [-0.39, 0.29) is 17.9 Å². The summed E-state index contributed by atoms with van der Waals surface area (Å²) in [5.41, 5.74) is -1.02. The van der Waals surface area contributed by atoms with E-state index in [9.17, 15) is 19.7 Å². The largest absolute Gasteiger partial charge is 0.467 e. The van der Waals surface area contributed by atoms with Crippen molar-refractivity contribution < 1.29 is 19.2 Å². The van der Waals surface area contributed by atoms with Gasteiger partial charge in [-0.3, -0.25) is 14.9 Å². The summed E-state index contributed by atoms with van der Waals surface area (Å²) >= 11 is 0. The van der Waals surface area contributed by atoms with Crippen LogP contribution in [-0.2, 0) is 14.3 Å². The third-order valence-electron chi connectivity index (χ3n) is 4.20. The number of carbonyl (C=O) groups excluding carboxylic acids is 2. The molecule has 0 bridgehead atoms. The van der Waals surface area contributed by atoms with Crippen molar-refractivity contribution in [2.75, 3.05) is 13.7 Å². The summed E-state index contributed by atoms with van der Waals surface area (Å²) in [6, 6.07) is -0.607. The minimum absolute atomic E-state index is 0.247. The number of ether oxygens (including phenoxy) is 1. The third kappa shape index (κ3) is 3.03. The van der Waals surface area contributed by atoms with E-state index in [0.717, 1.165) is 12.8 Å². The third-order valence-corrected chi connectivity index (χ3v) is 4.20. The van der Waals surface area contributed by atoms with Gasteiger partial charge in [-0.1, -0.05) is 12.2 Å². The van der Waals surface area contributed by atoms with Crippen LogP contribution in [0.3, 0.4) is 0 Å². The zero-order valence-electron chi connectivity index (χ0n) is 12.8. The lowest BCUT2D eigenvalue weighted by molar-refractivity contribution is -0.549. The van der Waals surface area contributed by atoms with E-state index in [2.05, 4.69) is 0 Å². The number of hydrogen-bond donors (Lipinski definition) is 0. The lowest BCUT2D eigenvalue weighted by Crippen LogP contribution is -2.49. The molecule has 120 valence electrons. The maximum atomic E-state index is 12.7. The highest BCUT2D eigenvalue weighted by atomic mass is 16.6. The molecular formula is C15H20N2O5. The molecule has 22 heavy (non-hydrogen) atoms. The summed E-state index contributed by atoms with van der Waals surface area (Å²) < 4.78 is 4.76. The van der Waals surface area contributed by atoms with Gasteiger partial charge in [-0.05, 0) is 19.3 Å². The van der Waals surface area contributed by atoms with Gasteiger partial charge >= 0.3 is 5.97 Å². The second-order valence-corrected chi connectivity index (χ2v) is 5.85. The number of likely N-dealkylation sites (tertiary alicyclic amines) is 1. The quantitative estimate of drug-likeness (QED) is 0.447. The van der Waals surface area contributed by atoms with Gasteiger partial charge in [0.2, 0.25) is 5.54 Å². The minimum atomic E-state index is -1.28. The van der Waals surface area contributed by atoms with E-state index in [0.29, 0.717) is 13.0 Å².